The van der Waals surface area contributed by atoms with E-state index in [1.807, 2.05) is 31.3 Å². The summed E-state index contributed by atoms with van der Waals surface area (Å²) in [5.74, 6) is 0.945. The van der Waals surface area contributed by atoms with Gasteiger partial charge < -0.3 is 10.1 Å². The van der Waals surface area contributed by atoms with Crippen LogP contribution in [0, 0.1) is 0 Å². The Balaban J connectivity index is 2.46. The summed E-state index contributed by atoms with van der Waals surface area (Å²) in [5, 5.41) is 3.08. The van der Waals surface area contributed by atoms with Crippen LogP contribution in [0.3, 0.4) is 0 Å². The molecule has 0 heterocycles. The molecule has 0 fully saturated rings. The molecule has 1 aromatic rings. The first kappa shape index (κ1) is 9.90. The maximum atomic E-state index is 5.55. The third kappa shape index (κ3) is 3.36. The minimum absolute atomic E-state index is 0.809. The minimum atomic E-state index is 0.809. The highest BCUT2D eigenvalue weighted by Crippen LogP contribution is 2.16. The summed E-state index contributed by atoms with van der Waals surface area (Å²) in [4.78, 5) is 0. The Kier molecular flexibility index (Phi) is 4.16. The highest BCUT2D eigenvalue weighted by molar-refractivity contribution is 5.47. The SMILES string of the molecule is CCCCOc1cccc(NC)c1. The summed E-state index contributed by atoms with van der Waals surface area (Å²) in [6.07, 6.45) is 2.29. The Morgan fingerprint density at radius 2 is 2.23 bits per heavy atom. The standard InChI is InChI=1S/C11H17NO/c1-3-4-8-13-11-7-5-6-10(9-11)12-2/h5-7,9,12H,3-4,8H2,1-2H3. The molecule has 0 aliphatic rings. The second-order valence-corrected chi connectivity index (χ2v) is 2.98. The van der Waals surface area contributed by atoms with Gasteiger partial charge in [0.1, 0.15) is 5.75 Å². The molecule has 0 spiro atoms. The molecule has 0 aliphatic carbocycles. The van der Waals surface area contributed by atoms with Crippen LogP contribution in [0.4, 0.5) is 5.69 Å². The Bertz CT molecular complexity index is 248. The molecule has 0 amide bonds. The van der Waals surface area contributed by atoms with Gasteiger partial charge in [0.15, 0.2) is 0 Å². The number of hydrogen-bond acceptors (Lipinski definition) is 2. The summed E-state index contributed by atoms with van der Waals surface area (Å²) < 4.78 is 5.55. The molecule has 1 aromatic carbocycles. The van der Waals surface area contributed by atoms with Crippen molar-refractivity contribution in [2.24, 2.45) is 0 Å². The molecule has 0 atom stereocenters. The van der Waals surface area contributed by atoms with E-state index in [2.05, 4.69) is 12.2 Å². The van der Waals surface area contributed by atoms with Gasteiger partial charge in [-0.3, -0.25) is 0 Å². The summed E-state index contributed by atoms with van der Waals surface area (Å²) in [7, 11) is 1.91. The molecule has 0 unspecified atom stereocenters. The summed E-state index contributed by atoms with van der Waals surface area (Å²) in [6.45, 7) is 2.97. The second kappa shape index (κ2) is 5.46. The van der Waals surface area contributed by atoms with Crippen LogP contribution in [0.15, 0.2) is 24.3 Å². The monoisotopic (exact) mass is 179 g/mol. The third-order valence-electron chi connectivity index (χ3n) is 1.89. The number of benzene rings is 1. The van der Waals surface area contributed by atoms with E-state index in [4.69, 9.17) is 4.74 Å². The Labute approximate surface area is 79.9 Å². The largest absolute Gasteiger partial charge is 0.494 e. The average Bonchev–Trinajstić information content (AvgIpc) is 2.19. The van der Waals surface area contributed by atoms with E-state index in [0.717, 1.165) is 24.5 Å². The van der Waals surface area contributed by atoms with E-state index in [-0.39, 0.29) is 0 Å². The molecular weight excluding hydrogens is 162 g/mol. The maximum absolute atomic E-state index is 5.55. The fraction of sp³-hybridized carbons (Fsp3) is 0.455. The van der Waals surface area contributed by atoms with E-state index in [9.17, 15) is 0 Å². The Hall–Kier alpha value is -1.18. The molecule has 1 N–H and O–H groups in total. The predicted octanol–water partition coefficient (Wildman–Crippen LogP) is 2.91. The van der Waals surface area contributed by atoms with Crippen LogP contribution in [-0.4, -0.2) is 13.7 Å². The van der Waals surface area contributed by atoms with E-state index < -0.39 is 0 Å². The molecule has 0 radical (unpaired) electrons. The lowest BCUT2D eigenvalue weighted by atomic mass is 10.3. The van der Waals surface area contributed by atoms with Crippen LogP contribution in [0.2, 0.25) is 0 Å². The molecule has 1 rings (SSSR count). The van der Waals surface area contributed by atoms with E-state index >= 15 is 0 Å². The number of rotatable bonds is 5. The first-order valence-electron chi connectivity index (χ1n) is 4.77. The van der Waals surface area contributed by atoms with Crippen molar-refractivity contribution in [1.29, 1.82) is 0 Å². The smallest absolute Gasteiger partial charge is 0.121 e. The molecule has 2 nitrogen and oxygen atoms in total. The lowest BCUT2D eigenvalue weighted by Gasteiger charge is -2.06. The number of anilines is 1. The van der Waals surface area contributed by atoms with Gasteiger partial charge in [-0.2, -0.15) is 0 Å². The van der Waals surface area contributed by atoms with Crippen LogP contribution in [0.5, 0.6) is 5.75 Å². The van der Waals surface area contributed by atoms with Crippen LogP contribution >= 0.6 is 0 Å². The molecule has 72 valence electrons. The first-order chi connectivity index (χ1) is 6.36. The summed E-state index contributed by atoms with van der Waals surface area (Å²) >= 11 is 0. The van der Waals surface area contributed by atoms with Crippen LogP contribution in [-0.2, 0) is 0 Å². The van der Waals surface area contributed by atoms with Gasteiger partial charge in [0.05, 0.1) is 6.61 Å². The zero-order valence-electron chi connectivity index (χ0n) is 8.34. The fourth-order valence-electron chi connectivity index (χ4n) is 1.08. The lowest BCUT2D eigenvalue weighted by molar-refractivity contribution is 0.309. The van der Waals surface area contributed by atoms with Gasteiger partial charge in [-0.25, -0.2) is 0 Å². The van der Waals surface area contributed by atoms with Crippen molar-refractivity contribution in [3.05, 3.63) is 24.3 Å². The van der Waals surface area contributed by atoms with Crippen molar-refractivity contribution in [2.75, 3.05) is 19.0 Å². The van der Waals surface area contributed by atoms with Crippen molar-refractivity contribution >= 4 is 5.69 Å². The minimum Gasteiger partial charge on any atom is -0.494 e. The molecule has 0 saturated carbocycles. The molecule has 2 heteroatoms. The van der Waals surface area contributed by atoms with Crippen molar-refractivity contribution in [2.45, 2.75) is 19.8 Å². The van der Waals surface area contributed by atoms with Gasteiger partial charge in [0, 0.05) is 18.8 Å². The first-order valence-corrected chi connectivity index (χ1v) is 4.77. The summed E-state index contributed by atoms with van der Waals surface area (Å²) in [5.41, 5.74) is 1.09. The number of nitrogens with one attached hydrogen (secondary N) is 1. The fourth-order valence-corrected chi connectivity index (χ4v) is 1.08. The Morgan fingerprint density at radius 1 is 1.38 bits per heavy atom. The molecule has 0 aliphatic heterocycles. The van der Waals surface area contributed by atoms with Crippen LogP contribution in [0.25, 0.3) is 0 Å². The van der Waals surface area contributed by atoms with Gasteiger partial charge >= 0.3 is 0 Å². The quantitative estimate of drug-likeness (QED) is 0.702. The van der Waals surface area contributed by atoms with Crippen molar-refractivity contribution < 1.29 is 4.74 Å². The second-order valence-electron chi connectivity index (χ2n) is 2.98. The van der Waals surface area contributed by atoms with Crippen LogP contribution in [0.1, 0.15) is 19.8 Å². The van der Waals surface area contributed by atoms with E-state index in [0.29, 0.717) is 0 Å². The van der Waals surface area contributed by atoms with E-state index in [1.54, 1.807) is 0 Å². The highest BCUT2D eigenvalue weighted by Gasteiger charge is 1.93. The van der Waals surface area contributed by atoms with Crippen LogP contribution < -0.4 is 10.1 Å². The molecule has 0 bridgehead atoms. The third-order valence-corrected chi connectivity index (χ3v) is 1.89. The van der Waals surface area contributed by atoms with Crippen molar-refractivity contribution in [3.8, 4) is 5.75 Å². The van der Waals surface area contributed by atoms with Gasteiger partial charge in [-0.1, -0.05) is 19.4 Å². The van der Waals surface area contributed by atoms with Crippen molar-refractivity contribution in [3.63, 3.8) is 0 Å². The summed E-state index contributed by atoms with van der Waals surface area (Å²) in [6, 6.07) is 8.01. The number of ether oxygens (including phenoxy) is 1. The zero-order chi connectivity index (χ0) is 9.52. The molecule has 0 saturated heterocycles. The molecule has 13 heavy (non-hydrogen) atoms. The van der Waals surface area contributed by atoms with Crippen molar-refractivity contribution in [1.82, 2.24) is 0 Å². The van der Waals surface area contributed by atoms with E-state index in [1.165, 1.54) is 6.42 Å². The maximum Gasteiger partial charge on any atom is 0.121 e. The topological polar surface area (TPSA) is 21.3 Å². The van der Waals surface area contributed by atoms with Gasteiger partial charge in [0.25, 0.3) is 0 Å². The van der Waals surface area contributed by atoms with Gasteiger partial charge in [0.2, 0.25) is 0 Å². The molecule has 0 aromatic heterocycles. The number of hydrogen-bond donors (Lipinski definition) is 1. The van der Waals surface area contributed by atoms with Gasteiger partial charge in [-0.15, -0.1) is 0 Å². The lowest BCUT2D eigenvalue weighted by Crippen LogP contribution is -1.97. The highest BCUT2D eigenvalue weighted by atomic mass is 16.5. The average molecular weight is 179 g/mol. The predicted molar refractivity (Wildman–Crippen MR) is 56.4 cm³/mol. The molecular formula is C11H17NO. The normalized spacial score (nSPS) is 9.69. The number of unbranched alkanes of at least 4 members (excludes halogenated alkanes) is 1. The van der Waals surface area contributed by atoms with Gasteiger partial charge in [-0.05, 0) is 18.6 Å². The Morgan fingerprint density at radius 3 is 2.92 bits per heavy atom. The zero-order valence-corrected chi connectivity index (χ0v) is 8.34.